The van der Waals surface area contributed by atoms with E-state index in [1.54, 1.807) is 35.2 Å². The number of rotatable bonds is 8. The summed E-state index contributed by atoms with van der Waals surface area (Å²) in [6.45, 7) is 5.31. The molecule has 1 N–H and O–H groups in total. The summed E-state index contributed by atoms with van der Waals surface area (Å²) in [6.07, 6.45) is 0. The van der Waals surface area contributed by atoms with E-state index < -0.39 is 0 Å². The van der Waals surface area contributed by atoms with E-state index in [0.717, 1.165) is 5.56 Å². The fraction of sp³-hybridized carbons (Fsp3) is 0.300. The van der Waals surface area contributed by atoms with Gasteiger partial charge in [0.15, 0.2) is 0 Å². The SMILES string of the molecule is CCN(CC)C(=O)c1cccc(NC(=O)COCc2ccccc2Cl)c1. The van der Waals surface area contributed by atoms with Crippen molar-refractivity contribution in [3.63, 3.8) is 0 Å². The minimum absolute atomic E-state index is 0.0546. The van der Waals surface area contributed by atoms with Crippen molar-refractivity contribution in [2.24, 2.45) is 0 Å². The minimum atomic E-state index is -0.288. The molecule has 0 spiro atoms. The lowest BCUT2D eigenvalue weighted by molar-refractivity contribution is -0.121. The Morgan fingerprint density at radius 2 is 1.81 bits per heavy atom. The highest BCUT2D eigenvalue weighted by molar-refractivity contribution is 6.31. The average Bonchev–Trinajstić information content (AvgIpc) is 2.64. The molecule has 0 saturated carbocycles. The molecule has 2 aromatic carbocycles. The van der Waals surface area contributed by atoms with Crippen LogP contribution in [0.15, 0.2) is 48.5 Å². The van der Waals surface area contributed by atoms with Gasteiger partial charge in [-0.3, -0.25) is 9.59 Å². The smallest absolute Gasteiger partial charge is 0.253 e. The lowest BCUT2D eigenvalue weighted by Crippen LogP contribution is -2.30. The van der Waals surface area contributed by atoms with Gasteiger partial charge in [0.2, 0.25) is 5.91 Å². The maximum absolute atomic E-state index is 12.4. The monoisotopic (exact) mass is 374 g/mol. The third-order valence-corrected chi connectivity index (χ3v) is 4.26. The zero-order valence-electron chi connectivity index (χ0n) is 15.0. The third-order valence-electron chi connectivity index (χ3n) is 3.89. The zero-order valence-corrected chi connectivity index (χ0v) is 15.8. The highest BCUT2D eigenvalue weighted by Crippen LogP contribution is 2.16. The molecule has 0 aliphatic heterocycles. The number of hydrogen-bond donors (Lipinski definition) is 1. The topological polar surface area (TPSA) is 58.6 Å². The van der Waals surface area contributed by atoms with Crippen LogP contribution in [0.1, 0.15) is 29.8 Å². The predicted octanol–water partition coefficient (Wildman–Crippen LogP) is 3.98. The Morgan fingerprint density at radius 3 is 2.50 bits per heavy atom. The van der Waals surface area contributed by atoms with Crippen molar-refractivity contribution < 1.29 is 14.3 Å². The Morgan fingerprint density at radius 1 is 1.08 bits per heavy atom. The van der Waals surface area contributed by atoms with Crippen molar-refractivity contribution in [2.75, 3.05) is 25.0 Å². The predicted molar refractivity (Wildman–Crippen MR) is 103 cm³/mol. The number of hydrogen-bond acceptors (Lipinski definition) is 3. The normalized spacial score (nSPS) is 10.4. The van der Waals surface area contributed by atoms with Gasteiger partial charge in [0.05, 0.1) is 6.61 Å². The first kappa shape index (κ1) is 19.9. The van der Waals surface area contributed by atoms with Crippen LogP contribution in [0.3, 0.4) is 0 Å². The molecule has 0 fully saturated rings. The number of ether oxygens (including phenoxy) is 1. The van der Waals surface area contributed by atoms with E-state index in [1.807, 2.05) is 32.0 Å². The van der Waals surface area contributed by atoms with Gasteiger partial charge in [-0.25, -0.2) is 0 Å². The molecule has 138 valence electrons. The van der Waals surface area contributed by atoms with Crippen LogP contribution in [0.5, 0.6) is 0 Å². The van der Waals surface area contributed by atoms with E-state index in [1.165, 1.54) is 0 Å². The van der Waals surface area contributed by atoms with Crippen molar-refractivity contribution in [1.82, 2.24) is 4.90 Å². The van der Waals surface area contributed by atoms with Gasteiger partial charge in [-0.2, -0.15) is 0 Å². The first-order valence-electron chi connectivity index (χ1n) is 8.55. The summed E-state index contributed by atoms with van der Waals surface area (Å²) in [7, 11) is 0. The van der Waals surface area contributed by atoms with E-state index in [9.17, 15) is 9.59 Å². The molecule has 0 aliphatic rings. The molecule has 0 saturated heterocycles. The van der Waals surface area contributed by atoms with Crippen molar-refractivity contribution in [3.8, 4) is 0 Å². The van der Waals surface area contributed by atoms with E-state index >= 15 is 0 Å². The van der Waals surface area contributed by atoms with Crippen LogP contribution in [-0.4, -0.2) is 36.4 Å². The Bertz CT molecular complexity index is 760. The van der Waals surface area contributed by atoms with E-state index in [-0.39, 0.29) is 25.0 Å². The molecule has 0 radical (unpaired) electrons. The van der Waals surface area contributed by atoms with Gasteiger partial charge in [0.1, 0.15) is 6.61 Å². The second kappa shape index (κ2) is 9.94. The second-order valence-corrected chi connectivity index (χ2v) is 6.10. The van der Waals surface area contributed by atoms with Gasteiger partial charge in [-0.1, -0.05) is 35.9 Å². The van der Waals surface area contributed by atoms with E-state index in [2.05, 4.69) is 5.32 Å². The summed E-state index contributed by atoms with van der Waals surface area (Å²) in [5, 5.41) is 3.35. The lowest BCUT2D eigenvalue weighted by Gasteiger charge is -2.19. The Kier molecular flexibility index (Phi) is 7.63. The quantitative estimate of drug-likeness (QED) is 0.760. The first-order chi connectivity index (χ1) is 12.5. The van der Waals surface area contributed by atoms with Gasteiger partial charge in [0, 0.05) is 29.4 Å². The van der Waals surface area contributed by atoms with Gasteiger partial charge in [-0.05, 0) is 43.7 Å². The van der Waals surface area contributed by atoms with Crippen LogP contribution in [0.4, 0.5) is 5.69 Å². The molecule has 6 heteroatoms. The van der Waals surface area contributed by atoms with Crippen LogP contribution >= 0.6 is 11.6 Å². The van der Waals surface area contributed by atoms with Crippen molar-refractivity contribution >= 4 is 29.1 Å². The number of benzene rings is 2. The molecule has 2 amide bonds. The molecule has 0 aromatic heterocycles. The fourth-order valence-electron chi connectivity index (χ4n) is 2.49. The standard InChI is InChI=1S/C20H23ClN2O3/c1-3-23(4-2)20(25)15-9-7-10-17(12-15)22-19(24)14-26-13-16-8-5-6-11-18(16)21/h5-12H,3-4,13-14H2,1-2H3,(H,22,24). The molecule has 26 heavy (non-hydrogen) atoms. The van der Waals surface area contributed by atoms with E-state index in [0.29, 0.717) is 29.4 Å². The van der Waals surface area contributed by atoms with Crippen molar-refractivity contribution in [2.45, 2.75) is 20.5 Å². The van der Waals surface area contributed by atoms with Gasteiger partial charge in [-0.15, -0.1) is 0 Å². The Hall–Kier alpha value is -2.37. The Labute approximate surface area is 158 Å². The fourth-order valence-corrected chi connectivity index (χ4v) is 2.68. The maximum atomic E-state index is 12.4. The Balaban J connectivity index is 1.90. The average molecular weight is 375 g/mol. The number of nitrogens with one attached hydrogen (secondary N) is 1. The second-order valence-electron chi connectivity index (χ2n) is 5.69. The molecular weight excluding hydrogens is 352 g/mol. The molecule has 5 nitrogen and oxygen atoms in total. The summed E-state index contributed by atoms with van der Waals surface area (Å²) in [6, 6.07) is 14.2. The number of carbonyl (C=O) groups is 2. The third kappa shape index (κ3) is 5.58. The van der Waals surface area contributed by atoms with Crippen LogP contribution < -0.4 is 5.32 Å². The molecule has 0 heterocycles. The summed E-state index contributed by atoms with van der Waals surface area (Å²) < 4.78 is 5.41. The van der Waals surface area contributed by atoms with Crippen LogP contribution in [0.25, 0.3) is 0 Å². The first-order valence-corrected chi connectivity index (χ1v) is 8.93. The number of anilines is 1. The largest absolute Gasteiger partial charge is 0.367 e. The van der Waals surface area contributed by atoms with Crippen molar-refractivity contribution in [1.29, 1.82) is 0 Å². The van der Waals surface area contributed by atoms with Crippen LogP contribution in [-0.2, 0) is 16.1 Å². The zero-order chi connectivity index (χ0) is 18.9. The molecule has 2 aromatic rings. The highest BCUT2D eigenvalue weighted by Gasteiger charge is 2.13. The number of amides is 2. The lowest BCUT2D eigenvalue weighted by atomic mass is 10.1. The maximum Gasteiger partial charge on any atom is 0.253 e. The molecule has 0 unspecified atom stereocenters. The van der Waals surface area contributed by atoms with Gasteiger partial charge in [0.25, 0.3) is 5.91 Å². The van der Waals surface area contributed by atoms with Crippen LogP contribution in [0.2, 0.25) is 5.02 Å². The molecule has 2 rings (SSSR count). The molecular formula is C20H23ClN2O3. The number of carbonyl (C=O) groups excluding carboxylic acids is 2. The number of halogens is 1. The summed E-state index contributed by atoms with van der Waals surface area (Å²) in [5.74, 6) is -0.342. The van der Waals surface area contributed by atoms with Crippen molar-refractivity contribution in [3.05, 3.63) is 64.7 Å². The summed E-state index contributed by atoms with van der Waals surface area (Å²) in [4.78, 5) is 26.2. The number of nitrogens with zero attached hydrogens (tertiary/aromatic N) is 1. The van der Waals surface area contributed by atoms with Crippen LogP contribution in [0, 0.1) is 0 Å². The molecule has 0 bridgehead atoms. The summed E-state index contributed by atoms with van der Waals surface area (Å²) >= 11 is 6.05. The highest BCUT2D eigenvalue weighted by atomic mass is 35.5. The summed E-state index contributed by atoms with van der Waals surface area (Å²) in [5.41, 5.74) is 1.94. The molecule has 0 aliphatic carbocycles. The van der Waals surface area contributed by atoms with Gasteiger partial charge >= 0.3 is 0 Å². The molecule has 0 atom stereocenters. The van der Waals surface area contributed by atoms with Gasteiger partial charge < -0.3 is 15.0 Å². The minimum Gasteiger partial charge on any atom is -0.367 e. The van der Waals surface area contributed by atoms with E-state index in [4.69, 9.17) is 16.3 Å².